The third-order valence-corrected chi connectivity index (χ3v) is 4.67. The van der Waals surface area contributed by atoms with Crippen LogP contribution in [0.3, 0.4) is 0 Å². The van der Waals surface area contributed by atoms with Crippen LogP contribution >= 0.6 is 0 Å². The maximum atomic E-state index is 9.10. The zero-order valence-corrected chi connectivity index (χ0v) is 15.3. The molecule has 0 aliphatic carbocycles. The van der Waals surface area contributed by atoms with Gasteiger partial charge in [0, 0.05) is 24.1 Å². The summed E-state index contributed by atoms with van der Waals surface area (Å²) in [5.74, 6) is 1.66. The predicted molar refractivity (Wildman–Crippen MR) is 92.5 cm³/mol. The summed E-state index contributed by atoms with van der Waals surface area (Å²) in [6.07, 6.45) is 2.73. The van der Waals surface area contributed by atoms with E-state index in [-0.39, 0.29) is 10.8 Å². The van der Waals surface area contributed by atoms with Crippen molar-refractivity contribution in [2.75, 3.05) is 6.54 Å². The van der Waals surface area contributed by atoms with E-state index in [9.17, 15) is 0 Å². The molecule has 0 aromatic heterocycles. The molecule has 2 rings (SSSR count). The van der Waals surface area contributed by atoms with Crippen LogP contribution in [0.5, 0.6) is 0 Å². The Kier molecular flexibility index (Phi) is 4.44. The average molecular weight is 301 g/mol. The molecule has 0 radical (unpaired) electrons. The molecular weight excluding hydrogens is 270 g/mol. The Morgan fingerprint density at radius 3 is 2.27 bits per heavy atom. The van der Waals surface area contributed by atoms with Crippen molar-refractivity contribution in [3.05, 3.63) is 11.3 Å². The van der Waals surface area contributed by atoms with Crippen molar-refractivity contribution in [2.24, 2.45) is 21.7 Å². The van der Waals surface area contributed by atoms with Gasteiger partial charge in [0.15, 0.2) is 0 Å². The third-order valence-electron chi connectivity index (χ3n) is 4.67. The Morgan fingerprint density at radius 2 is 1.82 bits per heavy atom. The summed E-state index contributed by atoms with van der Waals surface area (Å²) in [7, 11) is 0. The van der Waals surface area contributed by atoms with Crippen LogP contribution in [-0.2, 0) is 0 Å². The highest BCUT2D eigenvalue weighted by Gasteiger charge is 2.42. The number of nitriles is 1. The molecule has 1 fully saturated rings. The van der Waals surface area contributed by atoms with Gasteiger partial charge in [0.2, 0.25) is 0 Å². The third kappa shape index (κ3) is 3.07. The summed E-state index contributed by atoms with van der Waals surface area (Å²) in [5, 5.41) is 9.10. The van der Waals surface area contributed by atoms with Gasteiger partial charge < -0.3 is 4.90 Å². The molecule has 0 aromatic carbocycles. The molecule has 2 heterocycles. The molecule has 2 aliphatic rings. The average Bonchev–Trinajstić information content (AvgIpc) is 2.77. The summed E-state index contributed by atoms with van der Waals surface area (Å²) in [6, 6.07) is 2.66. The summed E-state index contributed by atoms with van der Waals surface area (Å²) in [4.78, 5) is 7.60. The molecule has 0 aromatic rings. The summed E-state index contributed by atoms with van der Waals surface area (Å²) in [5.41, 5.74) is 3.12. The molecule has 1 saturated heterocycles. The van der Waals surface area contributed by atoms with E-state index in [2.05, 4.69) is 59.4 Å². The molecule has 0 bridgehead atoms. The van der Waals surface area contributed by atoms with Gasteiger partial charge in [0.1, 0.15) is 5.84 Å². The molecule has 122 valence electrons. The lowest BCUT2D eigenvalue weighted by Gasteiger charge is -2.42. The van der Waals surface area contributed by atoms with Gasteiger partial charge in [-0.3, -0.25) is 4.99 Å². The smallest absolute Gasteiger partial charge is 0.109 e. The Morgan fingerprint density at radius 1 is 1.18 bits per heavy atom. The maximum Gasteiger partial charge on any atom is 0.109 e. The number of fused-ring (bicyclic) bond motifs is 1. The monoisotopic (exact) mass is 301 g/mol. The van der Waals surface area contributed by atoms with Gasteiger partial charge in [-0.2, -0.15) is 5.26 Å². The second-order valence-electron chi connectivity index (χ2n) is 8.78. The number of hydrogen-bond acceptors (Lipinski definition) is 3. The van der Waals surface area contributed by atoms with E-state index in [1.165, 1.54) is 17.1 Å². The van der Waals surface area contributed by atoms with Gasteiger partial charge in [0.05, 0.1) is 12.1 Å². The van der Waals surface area contributed by atoms with Crippen LogP contribution in [0.1, 0.15) is 67.7 Å². The number of amidine groups is 1. The lowest BCUT2D eigenvalue weighted by Crippen LogP contribution is -2.43. The minimum atomic E-state index is 0.0453. The molecule has 0 spiro atoms. The topological polar surface area (TPSA) is 39.4 Å². The second-order valence-corrected chi connectivity index (χ2v) is 8.78. The van der Waals surface area contributed by atoms with Gasteiger partial charge in [-0.15, -0.1) is 0 Å². The number of allylic oxidation sites excluding steroid dienone is 1. The quantitative estimate of drug-likeness (QED) is 0.737. The second kappa shape index (κ2) is 5.72. The fourth-order valence-electron chi connectivity index (χ4n) is 3.85. The van der Waals surface area contributed by atoms with Gasteiger partial charge in [-0.25, -0.2) is 0 Å². The molecule has 2 atom stereocenters. The van der Waals surface area contributed by atoms with Crippen molar-refractivity contribution < 1.29 is 0 Å². The maximum absolute atomic E-state index is 9.10. The Bertz CT molecular complexity index is 534. The van der Waals surface area contributed by atoms with Crippen LogP contribution in [0.15, 0.2) is 16.3 Å². The minimum absolute atomic E-state index is 0.0453. The molecule has 3 nitrogen and oxygen atoms in total. The molecule has 22 heavy (non-hydrogen) atoms. The van der Waals surface area contributed by atoms with Gasteiger partial charge >= 0.3 is 0 Å². The number of nitrogens with zero attached hydrogens (tertiary/aromatic N) is 3. The molecule has 2 aliphatic heterocycles. The first-order valence-corrected chi connectivity index (χ1v) is 8.55. The van der Waals surface area contributed by atoms with Gasteiger partial charge in [-0.05, 0) is 29.7 Å². The Labute approximate surface area is 136 Å². The van der Waals surface area contributed by atoms with Crippen molar-refractivity contribution >= 4 is 5.84 Å². The van der Waals surface area contributed by atoms with Crippen LogP contribution in [0.2, 0.25) is 0 Å². The number of aliphatic imine (C=N–C) groups is 1. The molecule has 3 heteroatoms. The van der Waals surface area contributed by atoms with E-state index < -0.39 is 0 Å². The first-order valence-electron chi connectivity index (χ1n) is 8.55. The van der Waals surface area contributed by atoms with Crippen molar-refractivity contribution in [2.45, 2.75) is 73.8 Å². The van der Waals surface area contributed by atoms with Crippen LogP contribution in [-0.4, -0.2) is 23.3 Å². The SMILES string of the molecule is CC[C@H]1N=C(C(C)(C)C)N2C[C@H](CC#N)CC2=C1C(C)(C)C. The van der Waals surface area contributed by atoms with E-state index in [0.717, 1.165) is 19.4 Å². The van der Waals surface area contributed by atoms with Crippen molar-refractivity contribution in [1.82, 2.24) is 4.90 Å². The van der Waals surface area contributed by atoms with Crippen LogP contribution < -0.4 is 0 Å². The first-order chi connectivity index (χ1) is 10.1. The summed E-state index contributed by atoms with van der Waals surface area (Å²) < 4.78 is 0. The fourth-order valence-corrected chi connectivity index (χ4v) is 3.85. The van der Waals surface area contributed by atoms with E-state index in [4.69, 9.17) is 10.3 Å². The normalized spacial score (nSPS) is 25.9. The van der Waals surface area contributed by atoms with E-state index >= 15 is 0 Å². The standard InChI is InChI=1S/C19H31N3/c1-8-14-16(18(2,3)4)15-11-13(9-10-20)12-22(15)17(21-14)19(5,6)7/h13-14H,8-9,11-12H2,1-7H3/t13-,14-/m1/s1. The molecule has 0 N–H and O–H groups in total. The van der Waals surface area contributed by atoms with Gasteiger partial charge in [-0.1, -0.05) is 48.5 Å². The summed E-state index contributed by atoms with van der Waals surface area (Å²) >= 11 is 0. The van der Waals surface area contributed by atoms with Crippen molar-refractivity contribution in [3.8, 4) is 6.07 Å². The molecule has 0 saturated carbocycles. The minimum Gasteiger partial charge on any atom is -0.333 e. The Balaban J connectivity index is 2.54. The van der Waals surface area contributed by atoms with E-state index in [0.29, 0.717) is 18.4 Å². The predicted octanol–water partition coefficient (Wildman–Crippen LogP) is 4.76. The summed E-state index contributed by atoms with van der Waals surface area (Å²) in [6.45, 7) is 16.8. The molecule has 0 amide bonds. The molecule has 0 unspecified atom stereocenters. The number of rotatable bonds is 2. The highest BCUT2D eigenvalue weighted by Crippen LogP contribution is 2.45. The highest BCUT2D eigenvalue weighted by atomic mass is 15.3. The van der Waals surface area contributed by atoms with Crippen LogP contribution in [0.4, 0.5) is 0 Å². The van der Waals surface area contributed by atoms with Gasteiger partial charge in [0.25, 0.3) is 0 Å². The lowest BCUT2D eigenvalue weighted by molar-refractivity contribution is 0.382. The van der Waals surface area contributed by atoms with Crippen LogP contribution in [0.25, 0.3) is 0 Å². The Hall–Kier alpha value is -1.30. The number of hydrogen-bond donors (Lipinski definition) is 0. The first kappa shape index (κ1) is 17.1. The zero-order chi connectivity index (χ0) is 16.7. The zero-order valence-electron chi connectivity index (χ0n) is 15.3. The van der Waals surface area contributed by atoms with Crippen molar-refractivity contribution in [3.63, 3.8) is 0 Å². The van der Waals surface area contributed by atoms with E-state index in [1.54, 1.807) is 0 Å². The fraction of sp³-hybridized carbons (Fsp3) is 0.789. The van der Waals surface area contributed by atoms with Crippen LogP contribution in [0, 0.1) is 28.1 Å². The largest absolute Gasteiger partial charge is 0.333 e. The highest BCUT2D eigenvalue weighted by molar-refractivity contribution is 5.90. The molecular formula is C19H31N3. The lowest BCUT2D eigenvalue weighted by atomic mass is 9.77. The van der Waals surface area contributed by atoms with E-state index in [1.807, 2.05) is 0 Å². The van der Waals surface area contributed by atoms with Crippen molar-refractivity contribution in [1.29, 1.82) is 5.26 Å².